The van der Waals surface area contributed by atoms with Gasteiger partial charge in [-0.2, -0.15) is 0 Å². The molecule has 8 heteroatoms. The molecule has 2 fully saturated rings. The lowest BCUT2D eigenvalue weighted by atomic mass is 9.75. The second-order valence-electron chi connectivity index (χ2n) is 6.81. The topological polar surface area (TPSA) is 39.7 Å². The Balaban J connectivity index is 1.85. The van der Waals surface area contributed by atoms with Crippen LogP contribution in [0.5, 0.6) is 0 Å². The predicted molar refractivity (Wildman–Crippen MR) is 83.7 cm³/mol. The first kappa shape index (κ1) is 16.9. The first-order chi connectivity index (χ1) is 11.3. The first-order valence-corrected chi connectivity index (χ1v) is 7.95. The fraction of sp³-hybridized carbons (Fsp3) is 0.625. The summed E-state index contributed by atoms with van der Waals surface area (Å²) in [6, 6.07) is 2.47. The third-order valence-corrected chi connectivity index (χ3v) is 5.01. The maximum absolute atomic E-state index is 14.7. The second-order valence-corrected chi connectivity index (χ2v) is 6.81. The maximum atomic E-state index is 14.7. The molecule has 2 aliphatic heterocycles. The fourth-order valence-corrected chi connectivity index (χ4v) is 3.64. The summed E-state index contributed by atoms with van der Waals surface area (Å²) in [4.78, 5) is 20.6. The summed E-state index contributed by atoms with van der Waals surface area (Å²) in [6.45, 7) is 0.296. The number of hydrogen-bond acceptors (Lipinski definition) is 3. The zero-order valence-electron chi connectivity index (χ0n) is 13.8. The minimum absolute atomic E-state index is 0.00879. The molecular formula is C16H21F3N4O. The zero-order chi connectivity index (χ0) is 17.5. The smallest absolute Gasteiger partial charge is 0.319 e. The summed E-state index contributed by atoms with van der Waals surface area (Å²) in [5.74, 6) is -3.31. The number of halogens is 3. The van der Waals surface area contributed by atoms with E-state index in [9.17, 15) is 18.0 Å². The van der Waals surface area contributed by atoms with Crippen molar-refractivity contribution in [1.29, 1.82) is 0 Å². The van der Waals surface area contributed by atoms with Gasteiger partial charge >= 0.3 is 6.03 Å². The van der Waals surface area contributed by atoms with E-state index in [4.69, 9.17) is 0 Å². The van der Waals surface area contributed by atoms with E-state index in [1.165, 1.54) is 28.1 Å². The molecule has 1 unspecified atom stereocenters. The Labute approximate surface area is 139 Å². The molecule has 0 aliphatic carbocycles. The average molecular weight is 342 g/mol. The van der Waals surface area contributed by atoms with Crippen LogP contribution in [-0.4, -0.2) is 67.0 Å². The molecule has 3 rings (SSSR count). The third-order valence-electron chi connectivity index (χ3n) is 5.01. The number of rotatable bonds is 1. The van der Waals surface area contributed by atoms with Gasteiger partial charge in [0, 0.05) is 52.9 Å². The first-order valence-electron chi connectivity index (χ1n) is 7.95. The largest absolute Gasteiger partial charge is 0.353 e. The van der Waals surface area contributed by atoms with Crippen molar-refractivity contribution in [3.63, 3.8) is 0 Å². The molecule has 1 atom stereocenters. The van der Waals surface area contributed by atoms with Gasteiger partial charge in [0.2, 0.25) is 0 Å². The molecule has 3 heterocycles. The fourth-order valence-electron chi connectivity index (χ4n) is 3.64. The monoisotopic (exact) mass is 342 g/mol. The zero-order valence-corrected chi connectivity index (χ0v) is 13.8. The molecule has 0 radical (unpaired) electrons. The van der Waals surface area contributed by atoms with Crippen molar-refractivity contribution in [3.05, 3.63) is 24.1 Å². The number of aromatic nitrogens is 1. The molecule has 24 heavy (non-hydrogen) atoms. The second kappa shape index (κ2) is 5.82. The van der Waals surface area contributed by atoms with Crippen molar-refractivity contribution in [1.82, 2.24) is 14.8 Å². The highest BCUT2D eigenvalue weighted by molar-refractivity contribution is 5.74. The Bertz CT molecular complexity index is 640. The lowest BCUT2D eigenvalue weighted by molar-refractivity contribution is -0.150. The molecule has 1 spiro atoms. The van der Waals surface area contributed by atoms with E-state index in [0.29, 0.717) is 6.54 Å². The van der Waals surface area contributed by atoms with Crippen LogP contribution in [0.15, 0.2) is 18.3 Å². The molecule has 0 bridgehead atoms. The number of urea groups is 1. The molecule has 2 aliphatic rings. The average Bonchev–Trinajstić information content (AvgIpc) is 2.95. The molecule has 0 N–H and O–H groups in total. The van der Waals surface area contributed by atoms with Gasteiger partial charge in [-0.1, -0.05) is 0 Å². The van der Waals surface area contributed by atoms with Gasteiger partial charge in [0.15, 0.2) is 11.6 Å². The van der Waals surface area contributed by atoms with Crippen LogP contribution in [0.2, 0.25) is 0 Å². The molecule has 0 saturated carbocycles. The number of pyridine rings is 1. The molecule has 2 saturated heterocycles. The van der Waals surface area contributed by atoms with E-state index in [1.807, 2.05) is 0 Å². The lowest BCUT2D eigenvalue weighted by Crippen LogP contribution is -2.59. The van der Waals surface area contributed by atoms with E-state index in [0.717, 1.165) is 0 Å². The quantitative estimate of drug-likeness (QED) is 0.787. The van der Waals surface area contributed by atoms with E-state index >= 15 is 0 Å². The van der Waals surface area contributed by atoms with Crippen molar-refractivity contribution >= 4 is 11.8 Å². The number of alkyl halides is 2. The molecule has 1 aromatic rings. The van der Waals surface area contributed by atoms with Crippen LogP contribution in [0.3, 0.4) is 0 Å². The van der Waals surface area contributed by atoms with Gasteiger partial charge in [-0.15, -0.1) is 0 Å². The highest BCUT2D eigenvalue weighted by Crippen LogP contribution is 2.50. The lowest BCUT2D eigenvalue weighted by Gasteiger charge is -2.46. The van der Waals surface area contributed by atoms with Crippen LogP contribution in [0, 0.1) is 11.2 Å². The van der Waals surface area contributed by atoms with E-state index in [1.54, 1.807) is 19.0 Å². The summed E-state index contributed by atoms with van der Waals surface area (Å²) in [6.07, 6.45) is 1.28. The van der Waals surface area contributed by atoms with Crippen LogP contribution in [0.4, 0.5) is 23.8 Å². The van der Waals surface area contributed by atoms with Gasteiger partial charge in [-0.25, -0.2) is 22.9 Å². The Morgan fingerprint density at radius 1 is 1.25 bits per heavy atom. The number of carbonyl (C=O) groups is 1. The van der Waals surface area contributed by atoms with Gasteiger partial charge in [0.1, 0.15) is 0 Å². The molecule has 5 nitrogen and oxygen atoms in total. The van der Waals surface area contributed by atoms with Crippen LogP contribution in [-0.2, 0) is 0 Å². The SMILES string of the molecule is CN(C)C(=O)N1CCC(F)(F)C2(CCN(c3ncccc3F)C2)C1. The number of amides is 2. The van der Waals surface area contributed by atoms with Gasteiger partial charge in [-0.05, 0) is 18.6 Å². The van der Waals surface area contributed by atoms with Crippen molar-refractivity contribution in [2.75, 3.05) is 45.2 Å². The van der Waals surface area contributed by atoms with Gasteiger partial charge in [0.25, 0.3) is 5.92 Å². The van der Waals surface area contributed by atoms with Crippen molar-refractivity contribution in [3.8, 4) is 0 Å². The minimum Gasteiger partial charge on any atom is -0.353 e. The van der Waals surface area contributed by atoms with Crippen LogP contribution in [0.1, 0.15) is 12.8 Å². The molecule has 2 amide bonds. The normalized spacial score (nSPS) is 26.0. The number of carbonyl (C=O) groups excluding carboxylic acids is 1. The summed E-state index contributed by atoms with van der Waals surface area (Å²) >= 11 is 0. The summed E-state index contributed by atoms with van der Waals surface area (Å²) in [5.41, 5.74) is -1.36. The highest BCUT2D eigenvalue weighted by atomic mass is 19.3. The van der Waals surface area contributed by atoms with Crippen LogP contribution in [0.25, 0.3) is 0 Å². The third kappa shape index (κ3) is 2.67. The number of hydrogen-bond donors (Lipinski definition) is 0. The van der Waals surface area contributed by atoms with Crippen LogP contribution < -0.4 is 4.90 Å². The van der Waals surface area contributed by atoms with Crippen molar-refractivity contribution < 1.29 is 18.0 Å². The molecule has 1 aromatic heterocycles. The molecule has 0 aromatic carbocycles. The molecular weight excluding hydrogens is 321 g/mol. The van der Waals surface area contributed by atoms with E-state index < -0.39 is 17.2 Å². The van der Waals surface area contributed by atoms with Gasteiger partial charge in [-0.3, -0.25) is 0 Å². The Kier molecular flexibility index (Phi) is 4.09. The predicted octanol–water partition coefficient (Wildman–Crippen LogP) is 2.44. The summed E-state index contributed by atoms with van der Waals surface area (Å²) < 4.78 is 43.3. The van der Waals surface area contributed by atoms with E-state index in [2.05, 4.69) is 4.98 Å². The number of anilines is 1. The number of piperidine rings is 1. The van der Waals surface area contributed by atoms with Crippen LogP contribution >= 0.6 is 0 Å². The van der Waals surface area contributed by atoms with Crippen molar-refractivity contribution in [2.24, 2.45) is 5.41 Å². The van der Waals surface area contributed by atoms with Gasteiger partial charge in [0.05, 0.1) is 5.41 Å². The van der Waals surface area contributed by atoms with E-state index in [-0.39, 0.29) is 44.3 Å². The number of likely N-dealkylation sites (tertiary alicyclic amines) is 1. The Hall–Kier alpha value is -1.99. The summed E-state index contributed by atoms with van der Waals surface area (Å²) in [5, 5.41) is 0. The summed E-state index contributed by atoms with van der Waals surface area (Å²) in [7, 11) is 3.21. The Morgan fingerprint density at radius 3 is 2.67 bits per heavy atom. The highest BCUT2D eigenvalue weighted by Gasteiger charge is 2.60. The standard InChI is InChI=1S/C16H21F3N4O/c1-21(2)14(24)23-9-6-16(18,19)15(11-23)5-8-22(10-15)13-12(17)4-3-7-20-13/h3-4,7H,5-6,8-11H2,1-2H3. The van der Waals surface area contributed by atoms with Crippen molar-refractivity contribution in [2.45, 2.75) is 18.8 Å². The minimum atomic E-state index is -2.89. The van der Waals surface area contributed by atoms with Gasteiger partial charge < -0.3 is 14.7 Å². The number of nitrogens with zero attached hydrogens (tertiary/aromatic N) is 4. The maximum Gasteiger partial charge on any atom is 0.319 e. The molecule has 132 valence electrons. The Morgan fingerprint density at radius 2 is 2.00 bits per heavy atom.